The minimum atomic E-state index is -0.655. The molecule has 16 heavy (non-hydrogen) atoms. The molecular weight excluding hydrogens is 216 g/mol. The second kappa shape index (κ2) is 11.2. The molecule has 0 bridgehead atoms. The van der Waals surface area contributed by atoms with Crippen molar-refractivity contribution in [2.45, 2.75) is 76.9 Å². The molecule has 3 heteroatoms. The zero-order chi connectivity index (χ0) is 12.2. The van der Waals surface area contributed by atoms with Crippen LogP contribution in [0.3, 0.4) is 0 Å². The molecule has 0 saturated heterocycles. The van der Waals surface area contributed by atoms with Gasteiger partial charge in [0, 0.05) is 15.2 Å². The second-order valence-electron chi connectivity index (χ2n) is 5.15. The Labute approximate surface area is 102 Å². The van der Waals surface area contributed by atoms with E-state index in [1.807, 2.05) is 0 Å². The number of hydrogen-bond acceptors (Lipinski definition) is 1. The van der Waals surface area contributed by atoms with Crippen LogP contribution in [0.15, 0.2) is 0 Å². The molecule has 0 atom stereocenters. The predicted octanol–water partition coefficient (Wildman–Crippen LogP) is 4.07. The van der Waals surface area contributed by atoms with E-state index in [-0.39, 0.29) is 8.80 Å². The first kappa shape index (κ1) is 15.7. The normalized spacial score (nSPS) is 10.9. The average molecular weight is 244 g/mol. The van der Waals surface area contributed by atoms with E-state index in [0.29, 0.717) is 6.42 Å². The Morgan fingerprint density at radius 3 is 1.75 bits per heavy atom. The molecular formula is C13H28O2Si. The molecule has 0 aromatic carbocycles. The smallest absolute Gasteiger partial charge is 0.303 e. The molecule has 0 fully saturated rings. The van der Waals surface area contributed by atoms with Gasteiger partial charge >= 0.3 is 5.97 Å². The zero-order valence-electron chi connectivity index (χ0n) is 11.0. The van der Waals surface area contributed by atoms with E-state index in [4.69, 9.17) is 5.11 Å². The summed E-state index contributed by atoms with van der Waals surface area (Å²) >= 11 is 0. The molecule has 0 aliphatic rings. The van der Waals surface area contributed by atoms with Gasteiger partial charge in [-0.05, 0) is 6.42 Å². The van der Waals surface area contributed by atoms with Crippen molar-refractivity contribution >= 4 is 14.8 Å². The molecule has 0 amide bonds. The topological polar surface area (TPSA) is 37.3 Å². The summed E-state index contributed by atoms with van der Waals surface area (Å²) in [4.78, 5) is 10.3. The third kappa shape index (κ3) is 13.7. The number of carbonyl (C=O) groups is 1. The summed E-state index contributed by atoms with van der Waals surface area (Å²) in [5, 5.41) is 8.46. The molecule has 0 aromatic heterocycles. The second-order valence-corrected chi connectivity index (χ2v) is 8.52. The first-order valence-electron chi connectivity index (χ1n) is 6.84. The minimum Gasteiger partial charge on any atom is -0.481 e. The van der Waals surface area contributed by atoms with Crippen molar-refractivity contribution in [3.8, 4) is 0 Å². The lowest BCUT2D eigenvalue weighted by Crippen LogP contribution is -1.97. The SMILES string of the molecule is C[SiH](C)CCCCCCCCCCC(=O)O. The van der Waals surface area contributed by atoms with Crippen LogP contribution >= 0.6 is 0 Å². The van der Waals surface area contributed by atoms with E-state index < -0.39 is 5.97 Å². The van der Waals surface area contributed by atoms with Gasteiger partial charge in [-0.15, -0.1) is 0 Å². The zero-order valence-corrected chi connectivity index (χ0v) is 12.2. The highest BCUT2D eigenvalue weighted by molar-refractivity contribution is 6.55. The Morgan fingerprint density at radius 1 is 0.875 bits per heavy atom. The number of carboxylic acid groups (broad SMARTS) is 1. The molecule has 0 aromatic rings. The molecule has 0 saturated carbocycles. The maximum atomic E-state index is 10.3. The van der Waals surface area contributed by atoms with Gasteiger partial charge in [0.2, 0.25) is 0 Å². The number of unbranched alkanes of at least 4 members (excludes halogenated alkanes) is 7. The standard InChI is InChI=1S/C13H28O2Si/c1-16(2)12-10-8-6-4-3-5-7-9-11-13(14)15/h16H,3-12H2,1-2H3,(H,14,15). The molecule has 0 aliphatic heterocycles. The Bertz CT molecular complexity index is 169. The van der Waals surface area contributed by atoms with Crippen molar-refractivity contribution in [1.82, 2.24) is 0 Å². The molecule has 0 aliphatic carbocycles. The molecule has 0 heterocycles. The van der Waals surface area contributed by atoms with Crippen molar-refractivity contribution in [3.05, 3.63) is 0 Å². The van der Waals surface area contributed by atoms with Crippen molar-refractivity contribution in [1.29, 1.82) is 0 Å². The van der Waals surface area contributed by atoms with Crippen LogP contribution in [0, 0.1) is 0 Å². The average Bonchev–Trinajstić information content (AvgIpc) is 2.20. The highest BCUT2D eigenvalue weighted by atomic mass is 28.3. The first-order valence-corrected chi connectivity index (χ1v) is 9.97. The molecule has 0 spiro atoms. The molecule has 0 rings (SSSR count). The third-order valence-corrected chi connectivity index (χ3v) is 4.49. The molecule has 0 unspecified atom stereocenters. The van der Waals surface area contributed by atoms with Crippen LogP contribution in [-0.4, -0.2) is 19.9 Å². The van der Waals surface area contributed by atoms with Gasteiger partial charge in [-0.3, -0.25) is 4.79 Å². The van der Waals surface area contributed by atoms with E-state index in [0.717, 1.165) is 12.8 Å². The summed E-state index contributed by atoms with van der Waals surface area (Å²) in [5.74, 6) is -0.655. The lowest BCUT2D eigenvalue weighted by Gasteiger charge is -2.03. The Kier molecular flexibility index (Phi) is 11.0. The fourth-order valence-corrected chi connectivity index (χ4v) is 2.99. The molecule has 2 nitrogen and oxygen atoms in total. The fraction of sp³-hybridized carbons (Fsp3) is 0.923. The van der Waals surface area contributed by atoms with E-state index in [9.17, 15) is 4.79 Å². The highest BCUT2D eigenvalue weighted by Gasteiger charge is 1.97. The monoisotopic (exact) mass is 244 g/mol. The van der Waals surface area contributed by atoms with Crippen LogP contribution in [-0.2, 0) is 4.79 Å². The van der Waals surface area contributed by atoms with Crippen LogP contribution in [0.5, 0.6) is 0 Å². The largest absolute Gasteiger partial charge is 0.481 e. The maximum Gasteiger partial charge on any atom is 0.303 e. The van der Waals surface area contributed by atoms with E-state index in [1.165, 1.54) is 44.6 Å². The predicted molar refractivity (Wildman–Crippen MR) is 72.9 cm³/mol. The third-order valence-electron chi connectivity index (χ3n) is 2.92. The van der Waals surface area contributed by atoms with E-state index in [1.54, 1.807) is 0 Å². The Balaban J connectivity index is 2.96. The van der Waals surface area contributed by atoms with Gasteiger partial charge in [0.15, 0.2) is 0 Å². The van der Waals surface area contributed by atoms with Crippen molar-refractivity contribution in [3.63, 3.8) is 0 Å². The summed E-state index contributed by atoms with van der Waals surface area (Å²) in [6, 6.07) is 1.50. The van der Waals surface area contributed by atoms with Crippen LogP contribution in [0.1, 0.15) is 57.8 Å². The van der Waals surface area contributed by atoms with Crippen LogP contribution in [0.4, 0.5) is 0 Å². The van der Waals surface area contributed by atoms with E-state index >= 15 is 0 Å². The van der Waals surface area contributed by atoms with Gasteiger partial charge < -0.3 is 5.11 Å². The number of aliphatic carboxylic acids is 1. The van der Waals surface area contributed by atoms with Gasteiger partial charge in [0.1, 0.15) is 0 Å². The van der Waals surface area contributed by atoms with Crippen molar-refractivity contribution in [2.75, 3.05) is 0 Å². The lowest BCUT2D eigenvalue weighted by atomic mass is 10.1. The summed E-state index contributed by atoms with van der Waals surface area (Å²) < 4.78 is 0. The minimum absolute atomic E-state index is 0.310. The summed E-state index contributed by atoms with van der Waals surface area (Å²) in [6.45, 7) is 4.84. The maximum absolute atomic E-state index is 10.3. The van der Waals surface area contributed by atoms with Crippen molar-refractivity contribution in [2.24, 2.45) is 0 Å². The molecule has 96 valence electrons. The Hall–Kier alpha value is -0.313. The van der Waals surface area contributed by atoms with E-state index in [2.05, 4.69) is 13.1 Å². The number of carboxylic acids is 1. The first-order chi connectivity index (χ1) is 7.63. The lowest BCUT2D eigenvalue weighted by molar-refractivity contribution is -0.137. The quantitative estimate of drug-likeness (QED) is 0.439. The van der Waals surface area contributed by atoms with Gasteiger partial charge in [0.05, 0.1) is 0 Å². The van der Waals surface area contributed by atoms with Gasteiger partial charge in [-0.1, -0.05) is 64.1 Å². The summed E-state index contributed by atoms with van der Waals surface area (Å²) in [6.07, 6.45) is 10.3. The fourth-order valence-electron chi connectivity index (χ4n) is 1.89. The van der Waals surface area contributed by atoms with Crippen LogP contribution in [0.2, 0.25) is 19.1 Å². The van der Waals surface area contributed by atoms with Crippen molar-refractivity contribution < 1.29 is 9.90 Å². The molecule has 0 radical (unpaired) electrons. The summed E-state index contributed by atoms with van der Waals surface area (Å²) in [5.41, 5.74) is 0. The van der Waals surface area contributed by atoms with Crippen LogP contribution < -0.4 is 0 Å². The van der Waals surface area contributed by atoms with Gasteiger partial charge in [-0.25, -0.2) is 0 Å². The van der Waals surface area contributed by atoms with Crippen LogP contribution in [0.25, 0.3) is 0 Å². The summed E-state index contributed by atoms with van der Waals surface area (Å²) in [7, 11) is -0.310. The Morgan fingerprint density at radius 2 is 1.31 bits per heavy atom. The number of rotatable bonds is 11. The van der Waals surface area contributed by atoms with Gasteiger partial charge in [-0.2, -0.15) is 0 Å². The molecule has 1 N–H and O–H groups in total. The number of hydrogen-bond donors (Lipinski definition) is 1. The highest BCUT2D eigenvalue weighted by Crippen LogP contribution is 2.11. The van der Waals surface area contributed by atoms with Gasteiger partial charge in [0.25, 0.3) is 0 Å².